The first-order valence-electron chi connectivity index (χ1n) is 3.49. The molecular formula is C8H12OSn. The monoisotopic (exact) mass is 244 g/mol. The summed E-state index contributed by atoms with van der Waals surface area (Å²) in [6.07, 6.45) is 0. The van der Waals surface area contributed by atoms with E-state index < -0.39 is 19.8 Å². The van der Waals surface area contributed by atoms with E-state index in [0.717, 1.165) is 0 Å². The number of phenols is 1. The Morgan fingerprint density at radius 2 is 2.00 bits per heavy atom. The van der Waals surface area contributed by atoms with Crippen LogP contribution in [0, 0.1) is 0 Å². The summed E-state index contributed by atoms with van der Waals surface area (Å²) in [7, 11) is 0. The van der Waals surface area contributed by atoms with Crippen molar-refractivity contribution in [3.05, 3.63) is 24.3 Å². The van der Waals surface area contributed by atoms with Gasteiger partial charge < -0.3 is 0 Å². The molecule has 2 heteroatoms. The zero-order valence-corrected chi connectivity index (χ0v) is 9.63. The molecule has 1 aromatic rings. The standard InChI is InChI=1S/C6H5O.2CH3.Sn.H/c7-6-4-2-1-3-5-6;;;;/h1-2,4-5,7H;2*1H3;;. The van der Waals surface area contributed by atoms with Crippen molar-refractivity contribution in [2.75, 3.05) is 0 Å². The number of rotatable bonds is 1. The molecule has 1 rings (SSSR count). The number of benzene rings is 1. The van der Waals surface area contributed by atoms with Crippen LogP contribution in [0.25, 0.3) is 0 Å². The Hall–Kier alpha value is -0.181. The first kappa shape index (κ1) is 7.92. The molecule has 0 heterocycles. The molecule has 0 radical (unpaired) electrons. The molecule has 0 unspecified atom stereocenters. The summed E-state index contributed by atoms with van der Waals surface area (Å²) in [4.78, 5) is 4.63. The number of aromatic hydroxyl groups is 1. The zero-order valence-electron chi connectivity index (χ0n) is 6.33. The molecule has 0 spiro atoms. The Morgan fingerprint density at radius 1 is 1.30 bits per heavy atom. The van der Waals surface area contributed by atoms with Crippen molar-refractivity contribution in [2.24, 2.45) is 0 Å². The minimum atomic E-state index is -1.34. The molecule has 0 fully saturated rings. The Labute approximate surface area is 68.4 Å². The van der Waals surface area contributed by atoms with Crippen molar-refractivity contribution >= 4 is 23.3 Å². The van der Waals surface area contributed by atoms with Crippen LogP contribution >= 0.6 is 0 Å². The van der Waals surface area contributed by atoms with Gasteiger partial charge in [-0.25, -0.2) is 0 Å². The third-order valence-corrected chi connectivity index (χ3v) is 6.37. The van der Waals surface area contributed by atoms with Crippen LogP contribution in [0.15, 0.2) is 24.3 Å². The maximum absolute atomic E-state index is 9.10. The van der Waals surface area contributed by atoms with Crippen LogP contribution in [0.3, 0.4) is 0 Å². The van der Waals surface area contributed by atoms with Gasteiger partial charge in [0.25, 0.3) is 0 Å². The second-order valence-corrected chi connectivity index (χ2v) is 11.2. The SMILES string of the molecule is [CH3][SnH]([CH3])[c]1cccc(O)c1. The van der Waals surface area contributed by atoms with E-state index in [1.165, 1.54) is 3.58 Å². The molecule has 0 aromatic heterocycles. The Morgan fingerprint density at radius 3 is 2.40 bits per heavy atom. The molecule has 1 nitrogen and oxygen atoms in total. The van der Waals surface area contributed by atoms with Crippen LogP contribution in [-0.2, 0) is 0 Å². The van der Waals surface area contributed by atoms with Gasteiger partial charge in [-0.15, -0.1) is 0 Å². The zero-order chi connectivity index (χ0) is 7.56. The molecule has 0 saturated heterocycles. The van der Waals surface area contributed by atoms with Crippen molar-refractivity contribution in [1.29, 1.82) is 0 Å². The maximum atomic E-state index is 9.10. The van der Waals surface area contributed by atoms with E-state index in [2.05, 4.69) is 15.9 Å². The summed E-state index contributed by atoms with van der Waals surface area (Å²) in [5.74, 6) is 0.405. The predicted molar refractivity (Wildman–Crippen MR) is 46.6 cm³/mol. The van der Waals surface area contributed by atoms with Gasteiger partial charge in [0.2, 0.25) is 0 Å². The summed E-state index contributed by atoms with van der Waals surface area (Å²) in [6, 6.07) is 7.64. The quantitative estimate of drug-likeness (QED) is 0.732. The summed E-state index contributed by atoms with van der Waals surface area (Å²) in [6.45, 7) is 0. The molecule has 1 aromatic carbocycles. The number of hydrogen-bond donors (Lipinski definition) is 1. The van der Waals surface area contributed by atoms with Crippen LogP contribution in [0.4, 0.5) is 0 Å². The van der Waals surface area contributed by atoms with E-state index in [0.29, 0.717) is 5.75 Å². The average molecular weight is 243 g/mol. The van der Waals surface area contributed by atoms with Crippen molar-refractivity contribution < 1.29 is 5.11 Å². The molecule has 0 amide bonds. The van der Waals surface area contributed by atoms with Gasteiger partial charge in [-0.05, 0) is 0 Å². The fraction of sp³-hybridized carbons (Fsp3) is 0.250. The van der Waals surface area contributed by atoms with Gasteiger partial charge in [0.15, 0.2) is 0 Å². The second kappa shape index (κ2) is 3.28. The molecule has 0 saturated carbocycles. The van der Waals surface area contributed by atoms with Gasteiger partial charge in [0.05, 0.1) is 0 Å². The molecule has 1 N–H and O–H groups in total. The fourth-order valence-corrected chi connectivity index (χ4v) is 3.74. The van der Waals surface area contributed by atoms with Crippen molar-refractivity contribution in [2.45, 2.75) is 9.88 Å². The Kier molecular flexibility index (Phi) is 2.60. The van der Waals surface area contributed by atoms with Gasteiger partial charge in [0, 0.05) is 0 Å². The minimum absolute atomic E-state index is 0.405. The van der Waals surface area contributed by atoms with E-state index >= 15 is 0 Å². The first-order valence-corrected chi connectivity index (χ1v) is 11.7. The summed E-state index contributed by atoms with van der Waals surface area (Å²) in [5, 5.41) is 9.10. The third-order valence-electron chi connectivity index (χ3n) is 1.54. The van der Waals surface area contributed by atoms with E-state index in [1.54, 1.807) is 6.07 Å². The van der Waals surface area contributed by atoms with Gasteiger partial charge in [-0.1, -0.05) is 0 Å². The van der Waals surface area contributed by atoms with Gasteiger partial charge in [0.1, 0.15) is 0 Å². The fourth-order valence-electron chi connectivity index (χ4n) is 0.884. The first-order chi connectivity index (χ1) is 4.70. The number of phenolic OH excluding ortho intramolecular Hbond substituents is 1. The van der Waals surface area contributed by atoms with Gasteiger partial charge >= 0.3 is 68.3 Å². The summed E-state index contributed by atoms with van der Waals surface area (Å²) >= 11 is -1.34. The van der Waals surface area contributed by atoms with Crippen LogP contribution in [0.1, 0.15) is 0 Å². The van der Waals surface area contributed by atoms with Gasteiger partial charge in [-0.2, -0.15) is 0 Å². The summed E-state index contributed by atoms with van der Waals surface area (Å²) < 4.78 is 1.39. The Bertz CT molecular complexity index is 220. The average Bonchev–Trinajstić information content (AvgIpc) is 1.88. The van der Waals surface area contributed by atoms with E-state index in [1.807, 2.05) is 12.1 Å². The topological polar surface area (TPSA) is 20.2 Å². The normalized spacial score (nSPS) is 10.3. The van der Waals surface area contributed by atoms with E-state index in [9.17, 15) is 0 Å². The van der Waals surface area contributed by atoms with Crippen molar-refractivity contribution in [1.82, 2.24) is 0 Å². The molecular weight excluding hydrogens is 231 g/mol. The molecule has 0 bridgehead atoms. The second-order valence-electron chi connectivity index (χ2n) is 2.75. The van der Waals surface area contributed by atoms with Crippen LogP contribution in [0.5, 0.6) is 5.75 Å². The molecule has 54 valence electrons. The van der Waals surface area contributed by atoms with Crippen LogP contribution < -0.4 is 3.58 Å². The third kappa shape index (κ3) is 1.90. The van der Waals surface area contributed by atoms with Gasteiger partial charge in [-0.3, -0.25) is 0 Å². The predicted octanol–water partition coefficient (Wildman–Crippen LogP) is 1.09. The van der Waals surface area contributed by atoms with E-state index in [4.69, 9.17) is 5.11 Å². The van der Waals surface area contributed by atoms with E-state index in [-0.39, 0.29) is 0 Å². The van der Waals surface area contributed by atoms with Crippen LogP contribution in [0.2, 0.25) is 9.88 Å². The van der Waals surface area contributed by atoms with Crippen molar-refractivity contribution in [3.63, 3.8) is 0 Å². The molecule has 0 aliphatic carbocycles. The molecule has 0 atom stereocenters. The van der Waals surface area contributed by atoms with Crippen molar-refractivity contribution in [3.8, 4) is 5.75 Å². The Balaban J connectivity index is 2.96. The summed E-state index contributed by atoms with van der Waals surface area (Å²) in [5.41, 5.74) is 0. The molecule has 10 heavy (non-hydrogen) atoms. The number of hydrogen-bond acceptors (Lipinski definition) is 1. The molecule has 0 aliphatic rings. The molecule has 0 aliphatic heterocycles. The van der Waals surface area contributed by atoms with Crippen LogP contribution in [-0.4, -0.2) is 24.9 Å².